The number of carbonyl (C=O) groups is 2. The number of benzene rings is 2. The van der Waals surface area contributed by atoms with Crippen LogP contribution in [0, 0.1) is 0 Å². The highest BCUT2D eigenvalue weighted by atomic mass is 32.2. The van der Waals surface area contributed by atoms with Crippen LogP contribution in [0.4, 0.5) is 5.69 Å². The van der Waals surface area contributed by atoms with Crippen LogP contribution in [0.1, 0.15) is 41.4 Å². The van der Waals surface area contributed by atoms with Crippen LogP contribution in [0.2, 0.25) is 0 Å². The number of nitrogens with one attached hydrogen (secondary N) is 1. The fourth-order valence-electron chi connectivity index (χ4n) is 5.68. The van der Waals surface area contributed by atoms with Gasteiger partial charge in [-0.1, -0.05) is 41.6 Å². The van der Waals surface area contributed by atoms with Gasteiger partial charge >= 0.3 is 5.97 Å². The third kappa shape index (κ3) is 6.69. The maximum Gasteiger partial charge on any atom is 0.360 e. The number of esters is 1. The van der Waals surface area contributed by atoms with Gasteiger partial charge in [0.15, 0.2) is 5.69 Å². The van der Waals surface area contributed by atoms with Crippen LogP contribution in [0.15, 0.2) is 65.7 Å². The Kier molecular flexibility index (Phi) is 8.95. The fraction of sp³-hybridized carbons (Fsp3) is 0.448. The summed E-state index contributed by atoms with van der Waals surface area (Å²) in [4.78, 5) is 31.6. The Morgan fingerprint density at radius 1 is 1.08 bits per heavy atom. The first-order chi connectivity index (χ1) is 19.0. The van der Waals surface area contributed by atoms with E-state index in [1.165, 1.54) is 12.7 Å². The van der Waals surface area contributed by atoms with Gasteiger partial charge in [-0.15, -0.1) is 16.9 Å². The minimum Gasteiger partial charge on any atom is -0.464 e. The summed E-state index contributed by atoms with van der Waals surface area (Å²) >= 11 is 1.65. The summed E-state index contributed by atoms with van der Waals surface area (Å²) in [6.45, 7) is 3.75. The molecule has 2 saturated heterocycles. The van der Waals surface area contributed by atoms with Gasteiger partial charge in [0, 0.05) is 29.7 Å². The van der Waals surface area contributed by atoms with E-state index in [1.807, 2.05) is 30.5 Å². The molecule has 2 fully saturated rings. The molecule has 1 amide bonds. The number of likely N-dealkylation sites (tertiary alicyclic amines) is 2. The maximum absolute atomic E-state index is 13.6. The average Bonchev–Trinajstić information content (AvgIpc) is 3.65. The third-order valence-electron chi connectivity index (χ3n) is 7.82. The molecule has 0 saturated carbocycles. The number of anilines is 1. The smallest absolute Gasteiger partial charge is 0.360 e. The number of hydrogen-bond acceptors (Lipinski definition) is 8. The van der Waals surface area contributed by atoms with Crippen molar-refractivity contribution in [2.24, 2.45) is 0 Å². The zero-order valence-corrected chi connectivity index (χ0v) is 23.3. The molecule has 3 heterocycles. The molecule has 2 aromatic carbocycles. The average molecular weight is 549 g/mol. The maximum atomic E-state index is 13.6. The summed E-state index contributed by atoms with van der Waals surface area (Å²) in [5.74, 6) is -0.516. The van der Waals surface area contributed by atoms with Crippen molar-refractivity contribution in [3.63, 3.8) is 0 Å². The molecule has 2 aliphatic rings. The number of thioether (sulfide) groups is 1. The number of rotatable bonds is 9. The number of nitrogens with zero attached hydrogens (tertiary/aromatic N) is 5. The first-order valence-corrected chi connectivity index (χ1v) is 14.7. The molecule has 0 aliphatic carbocycles. The Hall–Kier alpha value is -3.21. The first kappa shape index (κ1) is 27.4. The number of methoxy groups -OCH3 is 1. The topological polar surface area (TPSA) is 92.6 Å². The third-order valence-corrected chi connectivity index (χ3v) is 8.55. The summed E-state index contributed by atoms with van der Waals surface area (Å²) < 4.78 is 6.51. The molecule has 0 bridgehead atoms. The molecule has 1 aromatic heterocycles. The highest BCUT2D eigenvalue weighted by molar-refractivity contribution is 7.98. The molecular formula is C29H36N6O3S. The van der Waals surface area contributed by atoms with Gasteiger partial charge < -0.3 is 15.0 Å². The second-order valence-corrected chi connectivity index (χ2v) is 11.1. The monoisotopic (exact) mass is 548 g/mol. The van der Waals surface area contributed by atoms with Gasteiger partial charge in [-0.05, 0) is 68.8 Å². The van der Waals surface area contributed by atoms with Gasteiger partial charge in [0.2, 0.25) is 5.91 Å². The molecule has 3 aromatic rings. The van der Waals surface area contributed by atoms with Crippen molar-refractivity contribution in [3.8, 4) is 0 Å². The molecule has 206 valence electrons. The van der Waals surface area contributed by atoms with Gasteiger partial charge in [0.1, 0.15) is 0 Å². The summed E-state index contributed by atoms with van der Waals surface area (Å²) in [5, 5.41) is 11.4. The standard InChI is InChI=1S/C29H36N6O3S/c1-38-29(37)26-20-35(32-31-26)24-18-27(28(36)30-22-9-6-10-25(17-22)39-2)34(19-24)23-12-15-33(16-13-23)14-11-21-7-4-3-5-8-21/h3-10,17,20,23-24,27H,11-16,18-19H2,1-2H3,(H,30,36)/t24-,27-/m0/s1. The lowest BCUT2D eigenvalue weighted by molar-refractivity contribution is -0.121. The quantitative estimate of drug-likeness (QED) is 0.319. The Bertz CT molecular complexity index is 1260. The predicted molar refractivity (Wildman–Crippen MR) is 152 cm³/mol. The summed E-state index contributed by atoms with van der Waals surface area (Å²) in [6, 6.07) is 18.5. The van der Waals surface area contributed by atoms with E-state index in [-0.39, 0.29) is 23.7 Å². The van der Waals surface area contributed by atoms with E-state index in [0.29, 0.717) is 19.0 Å². The van der Waals surface area contributed by atoms with Gasteiger partial charge in [-0.25, -0.2) is 9.48 Å². The Morgan fingerprint density at radius 3 is 2.62 bits per heavy atom. The SMILES string of the molecule is COC(=O)c1cn([C@H]2C[C@@H](C(=O)Nc3cccc(SC)c3)N(C3CCN(CCc4ccccc4)CC3)C2)nn1. The molecule has 0 spiro atoms. The summed E-state index contributed by atoms with van der Waals surface area (Å²) in [5.41, 5.74) is 2.35. The lowest BCUT2D eigenvalue weighted by atomic mass is 10.0. The first-order valence-electron chi connectivity index (χ1n) is 13.5. The minimum absolute atomic E-state index is 0.00410. The second kappa shape index (κ2) is 12.8. The summed E-state index contributed by atoms with van der Waals surface area (Å²) in [7, 11) is 1.33. The second-order valence-electron chi connectivity index (χ2n) is 10.2. The van der Waals surface area contributed by atoms with Gasteiger partial charge in [-0.3, -0.25) is 9.69 Å². The van der Waals surface area contributed by atoms with Crippen molar-refractivity contribution in [2.75, 3.05) is 44.9 Å². The van der Waals surface area contributed by atoms with Crippen molar-refractivity contribution >= 4 is 29.3 Å². The van der Waals surface area contributed by atoms with Crippen LogP contribution in [-0.2, 0) is 16.0 Å². The number of hydrogen-bond donors (Lipinski definition) is 1. The zero-order chi connectivity index (χ0) is 27.2. The normalized spacial score (nSPS) is 20.7. The van der Waals surface area contributed by atoms with Gasteiger partial charge in [0.05, 0.1) is 25.4 Å². The number of amides is 1. The van der Waals surface area contributed by atoms with E-state index >= 15 is 0 Å². The van der Waals surface area contributed by atoms with E-state index in [4.69, 9.17) is 4.74 Å². The van der Waals surface area contributed by atoms with E-state index in [2.05, 4.69) is 55.8 Å². The predicted octanol–water partition coefficient (Wildman–Crippen LogP) is 3.75. The van der Waals surface area contributed by atoms with Crippen molar-refractivity contribution in [2.45, 2.75) is 48.7 Å². The number of piperidine rings is 1. The molecule has 39 heavy (non-hydrogen) atoms. The van der Waals surface area contributed by atoms with Gasteiger partial charge in [0.25, 0.3) is 0 Å². The van der Waals surface area contributed by atoms with Crippen LogP contribution in [-0.4, -0.2) is 88.3 Å². The fourth-order valence-corrected chi connectivity index (χ4v) is 6.14. The Balaban J connectivity index is 1.27. The van der Waals surface area contributed by atoms with Crippen LogP contribution in [0.3, 0.4) is 0 Å². The van der Waals surface area contributed by atoms with E-state index < -0.39 is 5.97 Å². The van der Waals surface area contributed by atoms with Crippen LogP contribution >= 0.6 is 11.8 Å². The lowest BCUT2D eigenvalue weighted by Gasteiger charge is -2.39. The van der Waals surface area contributed by atoms with Crippen molar-refractivity contribution in [3.05, 3.63) is 72.1 Å². The molecular weight excluding hydrogens is 512 g/mol. The molecule has 0 unspecified atom stereocenters. The Labute approximate surface area is 233 Å². The van der Waals surface area contributed by atoms with Crippen LogP contribution in [0.25, 0.3) is 0 Å². The molecule has 5 rings (SSSR count). The van der Waals surface area contributed by atoms with Crippen molar-refractivity contribution in [1.82, 2.24) is 24.8 Å². The number of ether oxygens (including phenoxy) is 1. The molecule has 2 atom stereocenters. The van der Waals surface area contributed by atoms with Crippen LogP contribution in [0.5, 0.6) is 0 Å². The summed E-state index contributed by atoms with van der Waals surface area (Å²) in [6.07, 6.45) is 7.33. The highest BCUT2D eigenvalue weighted by Gasteiger charge is 2.42. The molecule has 9 nitrogen and oxygen atoms in total. The highest BCUT2D eigenvalue weighted by Crippen LogP contribution is 2.33. The van der Waals surface area contributed by atoms with Crippen molar-refractivity contribution in [1.29, 1.82) is 0 Å². The lowest BCUT2D eigenvalue weighted by Crippen LogP contribution is -2.50. The largest absolute Gasteiger partial charge is 0.464 e. The Morgan fingerprint density at radius 2 is 1.87 bits per heavy atom. The zero-order valence-electron chi connectivity index (χ0n) is 22.5. The molecule has 1 N–H and O–H groups in total. The minimum atomic E-state index is -0.512. The van der Waals surface area contributed by atoms with E-state index in [9.17, 15) is 9.59 Å². The molecule has 10 heteroatoms. The van der Waals surface area contributed by atoms with E-state index in [0.717, 1.165) is 49.5 Å². The number of aromatic nitrogens is 3. The molecule has 0 radical (unpaired) electrons. The van der Waals surface area contributed by atoms with Gasteiger partial charge in [-0.2, -0.15) is 0 Å². The van der Waals surface area contributed by atoms with E-state index in [1.54, 1.807) is 22.6 Å². The number of carbonyl (C=O) groups excluding carboxylic acids is 2. The van der Waals surface area contributed by atoms with Crippen LogP contribution < -0.4 is 5.32 Å². The molecule has 2 aliphatic heterocycles. The van der Waals surface area contributed by atoms with Crippen molar-refractivity contribution < 1.29 is 14.3 Å².